The van der Waals surface area contributed by atoms with Crippen LogP contribution in [-0.2, 0) is 10.2 Å². The number of carbonyl (C=O) groups is 2. The zero-order valence-electron chi connectivity index (χ0n) is 18.7. The number of nitrogens with one attached hydrogen (secondary N) is 1. The number of aromatic nitrogens is 1. The summed E-state index contributed by atoms with van der Waals surface area (Å²) in [6, 6.07) is 8.13. The molecule has 5 nitrogen and oxygen atoms in total. The SMILES string of the molecule is Cc1ccc2c(c1)C(C)(C)C(=O)N2CC1CCC(NC(=O)c2cc(Cl)cnc2C)CC1. The molecule has 1 aromatic carbocycles. The van der Waals surface area contributed by atoms with Crippen LogP contribution in [0.15, 0.2) is 30.5 Å². The topological polar surface area (TPSA) is 62.3 Å². The van der Waals surface area contributed by atoms with Gasteiger partial charge in [0.25, 0.3) is 5.91 Å². The average molecular weight is 440 g/mol. The first-order valence-corrected chi connectivity index (χ1v) is 11.4. The normalized spacial score (nSPS) is 22.4. The van der Waals surface area contributed by atoms with Gasteiger partial charge in [-0.15, -0.1) is 0 Å². The van der Waals surface area contributed by atoms with E-state index < -0.39 is 5.41 Å². The van der Waals surface area contributed by atoms with Crippen molar-refractivity contribution in [3.05, 3.63) is 57.9 Å². The fourth-order valence-corrected chi connectivity index (χ4v) is 5.04. The standard InChI is InChI=1S/C25H30ClN3O2/c1-15-5-10-22-21(11-15)25(3,4)24(31)29(22)14-17-6-8-19(9-7-17)28-23(30)20-12-18(26)13-27-16(20)2/h5,10-13,17,19H,6-9,14H2,1-4H3,(H,28,30). The van der Waals surface area contributed by atoms with Crippen molar-refractivity contribution in [2.45, 2.75) is 64.8 Å². The van der Waals surface area contributed by atoms with Crippen LogP contribution in [0.1, 0.15) is 66.7 Å². The molecule has 1 aromatic heterocycles. The second kappa shape index (κ2) is 8.27. The third-order valence-electron chi connectivity index (χ3n) is 6.82. The molecule has 1 N–H and O–H groups in total. The molecule has 4 rings (SSSR count). The predicted octanol–water partition coefficient (Wildman–Crippen LogP) is 4.96. The Labute approximate surface area is 189 Å². The van der Waals surface area contributed by atoms with Crippen molar-refractivity contribution in [3.63, 3.8) is 0 Å². The Morgan fingerprint density at radius 1 is 1.19 bits per heavy atom. The molecule has 0 bridgehead atoms. The summed E-state index contributed by atoms with van der Waals surface area (Å²) < 4.78 is 0. The third-order valence-corrected chi connectivity index (χ3v) is 7.02. The average Bonchev–Trinajstić information content (AvgIpc) is 2.91. The number of hydrogen-bond donors (Lipinski definition) is 1. The van der Waals surface area contributed by atoms with Crippen molar-refractivity contribution >= 4 is 29.1 Å². The van der Waals surface area contributed by atoms with E-state index in [0.29, 0.717) is 22.2 Å². The molecular formula is C25H30ClN3O2. The van der Waals surface area contributed by atoms with Crippen LogP contribution >= 0.6 is 11.6 Å². The summed E-state index contributed by atoms with van der Waals surface area (Å²) in [5, 5.41) is 3.61. The maximum Gasteiger partial charge on any atom is 0.253 e. The van der Waals surface area contributed by atoms with Crippen LogP contribution in [0.3, 0.4) is 0 Å². The number of pyridine rings is 1. The van der Waals surface area contributed by atoms with E-state index in [-0.39, 0.29) is 17.9 Å². The number of amides is 2. The molecule has 6 heteroatoms. The predicted molar refractivity (Wildman–Crippen MR) is 124 cm³/mol. The zero-order valence-corrected chi connectivity index (χ0v) is 19.4. The molecule has 2 aliphatic rings. The monoisotopic (exact) mass is 439 g/mol. The molecule has 0 unspecified atom stereocenters. The quantitative estimate of drug-likeness (QED) is 0.731. The third kappa shape index (κ3) is 4.20. The highest BCUT2D eigenvalue weighted by atomic mass is 35.5. The lowest BCUT2D eigenvalue weighted by Crippen LogP contribution is -2.42. The summed E-state index contributed by atoms with van der Waals surface area (Å²) in [6.45, 7) is 8.67. The van der Waals surface area contributed by atoms with Crippen molar-refractivity contribution in [2.24, 2.45) is 5.92 Å². The van der Waals surface area contributed by atoms with Crippen molar-refractivity contribution < 1.29 is 9.59 Å². The first kappa shape index (κ1) is 21.8. The van der Waals surface area contributed by atoms with Crippen molar-refractivity contribution in [1.82, 2.24) is 10.3 Å². The molecule has 1 saturated carbocycles. The summed E-state index contributed by atoms with van der Waals surface area (Å²) in [5.41, 5.74) is 4.10. The van der Waals surface area contributed by atoms with Gasteiger partial charge in [0.05, 0.1) is 21.7 Å². The highest BCUT2D eigenvalue weighted by molar-refractivity contribution is 6.30. The van der Waals surface area contributed by atoms with Crippen LogP contribution in [0.25, 0.3) is 0 Å². The molecule has 2 amide bonds. The minimum absolute atomic E-state index is 0.114. The molecule has 2 aromatic rings. The maximum absolute atomic E-state index is 13.1. The summed E-state index contributed by atoms with van der Waals surface area (Å²) in [5.74, 6) is 0.513. The Morgan fingerprint density at radius 3 is 2.61 bits per heavy atom. The summed E-state index contributed by atoms with van der Waals surface area (Å²) in [6.07, 6.45) is 5.36. The highest BCUT2D eigenvalue weighted by Crippen LogP contribution is 2.43. The summed E-state index contributed by atoms with van der Waals surface area (Å²) >= 11 is 6.01. The van der Waals surface area contributed by atoms with Gasteiger partial charge in [-0.05, 0) is 77.0 Å². The zero-order chi connectivity index (χ0) is 22.3. The Hall–Kier alpha value is -2.40. The molecule has 1 aliphatic heterocycles. The number of hydrogen-bond acceptors (Lipinski definition) is 3. The second-order valence-corrected chi connectivity index (χ2v) is 9.98. The largest absolute Gasteiger partial charge is 0.349 e. The number of fused-ring (bicyclic) bond motifs is 1. The van der Waals surface area contributed by atoms with E-state index in [2.05, 4.69) is 35.4 Å². The molecule has 0 radical (unpaired) electrons. The van der Waals surface area contributed by atoms with E-state index in [1.807, 2.05) is 25.7 Å². The van der Waals surface area contributed by atoms with Crippen molar-refractivity contribution in [3.8, 4) is 0 Å². The lowest BCUT2D eigenvalue weighted by Gasteiger charge is -2.32. The lowest BCUT2D eigenvalue weighted by atomic mass is 9.85. The molecular weight excluding hydrogens is 410 g/mol. The van der Waals surface area contributed by atoms with Crippen molar-refractivity contribution in [2.75, 3.05) is 11.4 Å². The number of nitrogens with zero attached hydrogens (tertiary/aromatic N) is 2. The van der Waals surface area contributed by atoms with Crippen LogP contribution in [0.4, 0.5) is 5.69 Å². The second-order valence-electron chi connectivity index (χ2n) is 9.54. The van der Waals surface area contributed by atoms with Gasteiger partial charge in [-0.25, -0.2) is 0 Å². The lowest BCUT2D eigenvalue weighted by molar-refractivity contribution is -0.122. The van der Waals surface area contributed by atoms with E-state index in [1.54, 1.807) is 12.3 Å². The molecule has 1 fully saturated rings. The van der Waals surface area contributed by atoms with Crippen LogP contribution < -0.4 is 10.2 Å². The van der Waals surface area contributed by atoms with Gasteiger partial charge in [-0.1, -0.05) is 29.3 Å². The first-order valence-electron chi connectivity index (χ1n) is 11.0. The highest BCUT2D eigenvalue weighted by Gasteiger charge is 2.44. The number of benzene rings is 1. The molecule has 2 heterocycles. The van der Waals surface area contributed by atoms with Crippen molar-refractivity contribution in [1.29, 1.82) is 0 Å². The molecule has 0 saturated heterocycles. The van der Waals surface area contributed by atoms with Gasteiger partial charge in [0.1, 0.15) is 0 Å². The van der Waals surface area contributed by atoms with Gasteiger partial charge in [0.15, 0.2) is 0 Å². The van der Waals surface area contributed by atoms with Crippen LogP contribution in [0.2, 0.25) is 5.02 Å². The molecule has 164 valence electrons. The van der Waals surface area contributed by atoms with E-state index >= 15 is 0 Å². The van der Waals surface area contributed by atoms with Crippen LogP contribution in [0, 0.1) is 19.8 Å². The van der Waals surface area contributed by atoms with E-state index in [0.717, 1.165) is 43.5 Å². The molecule has 0 spiro atoms. The minimum Gasteiger partial charge on any atom is -0.349 e. The van der Waals surface area contributed by atoms with Gasteiger partial charge in [-0.2, -0.15) is 0 Å². The minimum atomic E-state index is -0.477. The molecule has 31 heavy (non-hydrogen) atoms. The Balaban J connectivity index is 1.37. The molecule has 0 atom stereocenters. The van der Waals surface area contributed by atoms with Gasteiger partial charge in [0.2, 0.25) is 5.91 Å². The Kier molecular flexibility index (Phi) is 5.82. The fraction of sp³-hybridized carbons (Fsp3) is 0.480. The summed E-state index contributed by atoms with van der Waals surface area (Å²) in [7, 11) is 0. The molecule has 1 aliphatic carbocycles. The Bertz CT molecular complexity index is 1030. The van der Waals surface area contributed by atoms with Crippen LogP contribution in [-0.4, -0.2) is 29.4 Å². The maximum atomic E-state index is 13.1. The number of halogens is 1. The smallest absolute Gasteiger partial charge is 0.253 e. The Morgan fingerprint density at radius 2 is 1.90 bits per heavy atom. The number of anilines is 1. The van der Waals surface area contributed by atoms with Gasteiger partial charge >= 0.3 is 0 Å². The van der Waals surface area contributed by atoms with E-state index in [1.165, 1.54) is 5.56 Å². The van der Waals surface area contributed by atoms with Gasteiger partial charge in [0, 0.05) is 24.5 Å². The van der Waals surface area contributed by atoms with E-state index in [9.17, 15) is 9.59 Å². The van der Waals surface area contributed by atoms with Gasteiger partial charge < -0.3 is 10.2 Å². The van der Waals surface area contributed by atoms with Crippen LogP contribution in [0.5, 0.6) is 0 Å². The summed E-state index contributed by atoms with van der Waals surface area (Å²) in [4.78, 5) is 32.0. The number of rotatable bonds is 4. The van der Waals surface area contributed by atoms with Gasteiger partial charge in [-0.3, -0.25) is 14.6 Å². The first-order chi connectivity index (χ1) is 14.7. The van der Waals surface area contributed by atoms with E-state index in [4.69, 9.17) is 11.6 Å². The number of carbonyl (C=O) groups excluding carboxylic acids is 2. The fourth-order valence-electron chi connectivity index (χ4n) is 4.88. The number of aryl methyl sites for hydroxylation is 2.